The number of aromatic nitrogens is 2. The quantitative estimate of drug-likeness (QED) is 0.856. The summed E-state index contributed by atoms with van der Waals surface area (Å²) in [5.74, 6) is 2.02. The van der Waals surface area contributed by atoms with Gasteiger partial charge < -0.3 is 15.5 Å². The lowest BCUT2D eigenvalue weighted by Gasteiger charge is -2.41. The molecule has 3 rings (SSSR count). The summed E-state index contributed by atoms with van der Waals surface area (Å²) in [6, 6.07) is 0.226. The maximum Gasteiger partial charge on any atom is 0.226 e. The van der Waals surface area contributed by atoms with Crippen molar-refractivity contribution < 1.29 is 4.79 Å². The van der Waals surface area contributed by atoms with Crippen molar-refractivity contribution >= 4 is 36.5 Å². The minimum Gasteiger partial charge on any atom is -0.355 e. The van der Waals surface area contributed by atoms with Crippen LogP contribution in [0, 0.1) is 11.8 Å². The predicted molar refractivity (Wildman–Crippen MR) is 104 cm³/mol. The Kier molecular flexibility index (Phi) is 8.89. The van der Waals surface area contributed by atoms with Crippen molar-refractivity contribution in [2.24, 2.45) is 17.6 Å². The standard InChI is InChI=1S/C17H27N5O.2ClH/c1-13-2-9-22(15(10-13)11-18)17(23)14-3-7-21(8-4-14)16-12-19-5-6-20-16;;/h5-6,12-15H,2-4,7-11,18H2,1H3;2*1H. The third-order valence-electron chi connectivity index (χ3n) is 5.25. The summed E-state index contributed by atoms with van der Waals surface area (Å²) in [5, 5.41) is 0. The maximum absolute atomic E-state index is 12.9. The number of hydrogen-bond acceptors (Lipinski definition) is 5. The Morgan fingerprint density at radius 1 is 1.20 bits per heavy atom. The largest absolute Gasteiger partial charge is 0.355 e. The first kappa shape index (κ1) is 21.9. The van der Waals surface area contributed by atoms with Crippen LogP contribution in [-0.2, 0) is 4.79 Å². The molecule has 1 aromatic heterocycles. The minimum absolute atomic E-state index is 0. The first-order valence-electron chi connectivity index (χ1n) is 8.70. The van der Waals surface area contributed by atoms with Gasteiger partial charge in [-0.2, -0.15) is 0 Å². The summed E-state index contributed by atoms with van der Waals surface area (Å²) in [7, 11) is 0. The highest BCUT2D eigenvalue weighted by Gasteiger charge is 2.34. The van der Waals surface area contributed by atoms with Crippen molar-refractivity contribution in [3.63, 3.8) is 0 Å². The van der Waals surface area contributed by atoms with Gasteiger partial charge in [0.15, 0.2) is 0 Å². The molecule has 2 atom stereocenters. The number of rotatable bonds is 3. The molecule has 2 aliphatic heterocycles. The van der Waals surface area contributed by atoms with Crippen molar-refractivity contribution in [3.05, 3.63) is 18.6 Å². The average molecular weight is 390 g/mol. The molecule has 142 valence electrons. The molecule has 2 fully saturated rings. The van der Waals surface area contributed by atoms with Crippen LogP contribution in [0.25, 0.3) is 0 Å². The van der Waals surface area contributed by atoms with E-state index in [1.807, 2.05) is 0 Å². The van der Waals surface area contributed by atoms with Crippen LogP contribution in [0.5, 0.6) is 0 Å². The summed E-state index contributed by atoms with van der Waals surface area (Å²) in [6.45, 7) is 5.43. The van der Waals surface area contributed by atoms with Crippen molar-refractivity contribution in [2.75, 3.05) is 31.1 Å². The maximum atomic E-state index is 12.9. The number of carbonyl (C=O) groups excluding carboxylic acids is 1. The van der Waals surface area contributed by atoms with Gasteiger partial charge in [0.25, 0.3) is 0 Å². The van der Waals surface area contributed by atoms with Crippen LogP contribution >= 0.6 is 24.8 Å². The lowest BCUT2D eigenvalue weighted by Crippen LogP contribution is -2.52. The van der Waals surface area contributed by atoms with Crippen molar-refractivity contribution in [2.45, 2.75) is 38.6 Å². The Labute approximate surface area is 162 Å². The number of carbonyl (C=O) groups is 1. The van der Waals surface area contributed by atoms with Crippen LogP contribution in [0.3, 0.4) is 0 Å². The van der Waals surface area contributed by atoms with E-state index in [0.29, 0.717) is 18.4 Å². The molecule has 0 radical (unpaired) electrons. The van der Waals surface area contributed by atoms with Gasteiger partial charge in [-0.1, -0.05) is 6.92 Å². The highest BCUT2D eigenvalue weighted by atomic mass is 35.5. The fourth-order valence-electron chi connectivity index (χ4n) is 3.81. The predicted octanol–water partition coefficient (Wildman–Crippen LogP) is 2.12. The average Bonchev–Trinajstić information content (AvgIpc) is 2.62. The number of piperidine rings is 2. The van der Waals surface area contributed by atoms with Gasteiger partial charge in [0, 0.05) is 50.5 Å². The van der Waals surface area contributed by atoms with Gasteiger partial charge >= 0.3 is 0 Å². The number of amides is 1. The van der Waals surface area contributed by atoms with E-state index in [-0.39, 0.29) is 36.8 Å². The Hall–Kier alpha value is -1.11. The van der Waals surface area contributed by atoms with Crippen LogP contribution in [0.2, 0.25) is 0 Å². The van der Waals surface area contributed by atoms with Crippen LogP contribution in [0.4, 0.5) is 5.82 Å². The number of anilines is 1. The second-order valence-corrected chi connectivity index (χ2v) is 6.88. The molecular weight excluding hydrogens is 361 g/mol. The molecule has 2 N–H and O–H groups in total. The monoisotopic (exact) mass is 389 g/mol. The van der Waals surface area contributed by atoms with Crippen LogP contribution < -0.4 is 10.6 Å². The third kappa shape index (κ3) is 5.19. The van der Waals surface area contributed by atoms with E-state index in [0.717, 1.165) is 51.1 Å². The summed E-state index contributed by atoms with van der Waals surface area (Å²) in [5.41, 5.74) is 5.90. The molecule has 1 amide bonds. The number of nitrogens with zero attached hydrogens (tertiary/aromatic N) is 4. The highest BCUT2D eigenvalue weighted by molar-refractivity contribution is 5.85. The topological polar surface area (TPSA) is 75.4 Å². The molecule has 0 saturated carbocycles. The summed E-state index contributed by atoms with van der Waals surface area (Å²) < 4.78 is 0. The van der Waals surface area contributed by atoms with E-state index in [1.54, 1.807) is 18.6 Å². The molecule has 2 unspecified atom stereocenters. The van der Waals surface area contributed by atoms with Crippen molar-refractivity contribution in [1.29, 1.82) is 0 Å². The van der Waals surface area contributed by atoms with Gasteiger partial charge in [-0.15, -0.1) is 24.8 Å². The molecule has 0 aromatic carbocycles. The number of hydrogen-bond donors (Lipinski definition) is 1. The Bertz CT molecular complexity index is 525. The smallest absolute Gasteiger partial charge is 0.226 e. The van der Waals surface area contributed by atoms with E-state index < -0.39 is 0 Å². The van der Waals surface area contributed by atoms with Gasteiger partial charge in [-0.05, 0) is 31.6 Å². The van der Waals surface area contributed by atoms with Crippen LogP contribution in [0.1, 0.15) is 32.6 Å². The molecule has 8 heteroatoms. The Morgan fingerprint density at radius 3 is 2.52 bits per heavy atom. The molecule has 0 aliphatic carbocycles. The summed E-state index contributed by atoms with van der Waals surface area (Å²) in [4.78, 5) is 25.6. The molecule has 25 heavy (non-hydrogen) atoms. The fourth-order valence-corrected chi connectivity index (χ4v) is 3.81. The zero-order valence-corrected chi connectivity index (χ0v) is 16.3. The van der Waals surface area contributed by atoms with E-state index >= 15 is 0 Å². The van der Waals surface area contributed by atoms with E-state index in [9.17, 15) is 4.79 Å². The van der Waals surface area contributed by atoms with Crippen molar-refractivity contribution in [3.8, 4) is 0 Å². The fraction of sp³-hybridized carbons (Fsp3) is 0.706. The first-order chi connectivity index (χ1) is 11.2. The van der Waals surface area contributed by atoms with E-state index in [4.69, 9.17) is 5.73 Å². The normalized spacial score (nSPS) is 24.2. The molecule has 3 heterocycles. The third-order valence-corrected chi connectivity index (χ3v) is 5.25. The van der Waals surface area contributed by atoms with Gasteiger partial charge in [0.1, 0.15) is 5.82 Å². The highest BCUT2D eigenvalue weighted by Crippen LogP contribution is 2.28. The molecule has 0 bridgehead atoms. The van der Waals surface area contributed by atoms with Gasteiger partial charge in [0.05, 0.1) is 6.20 Å². The molecule has 2 saturated heterocycles. The summed E-state index contributed by atoms with van der Waals surface area (Å²) >= 11 is 0. The number of nitrogens with two attached hydrogens (primary N) is 1. The number of halogens is 2. The minimum atomic E-state index is 0. The van der Waals surface area contributed by atoms with Gasteiger partial charge in [-0.3, -0.25) is 9.78 Å². The second-order valence-electron chi connectivity index (χ2n) is 6.88. The van der Waals surface area contributed by atoms with E-state index in [1.165, 1.54) is 0 Å². The van der Waals surface area contributed by atoms with Crippen molar-refractivity contribution in [1.82, 2.24) is 14.9 Å². The zero-order valence-electron chi connectivity index (χ0n) is 14.7. The molecule has 6 nitrogen and oxygen atoms in total. The SMILES string of the molecule is CC1CCN(C(=O)C2CCN(c3cnccn3)CC2)C(CN)C1.Cl.Cl. The Morgan fingerprint density at radius 2 is 1.92 bits per heavy atom. The lowest BCUT2D eigenvalue weighted by molar-refractivity contribution is -0.140. The van der Waals surface area contributed by atoms with E-state index in [2.05, 4.69) is 26.7 Å². The summed E-state index contributed by atoms with van der Waals surface area (Å²) in [6.07, 6.45) is 9.11. The molecule has 0 spiro atoms. The van der Waals surface area contributed by atoms with Crippen LogP contribution in [-0.4, -0.2) is 53.0 Å². The second kappa shape index (κ2) is 10.1. The van der Waals surface area contributed by atoms with Crippen LogP contribution in [0.15, 0.2) is 18.6 Å². The van der Waals surface area contributed by atoms with Gasteiger partial charge in [-0.25, -0.2) is 4.98 Å². The van der Waals surface area contributed by atoms with Gasteiger partial charge in [0.2, 0.25) is 5.91 Å². The molecule has 1 aromatic rings. The Balaban J connectivity index is 0.00000156. The number of likely N-dealkylation sites (tertiary alicyclic amines) is 1. The zero-order chi connectivity index (χ0) is 16.2. The lowest BCUT2D eigenvalue weighted by atomic mass is 9.89. The molecule has 2 aliphatic rings. The molecular formula is C17H29Cl2N5O. The first-order valence-corrected chi connectivity index (χ1v) is 8.70.